The Morgan fingerprint density at radius 1 is 1.35 bits per heavy atom. The smallest absolute Gasteiger partial charge is 0.234 e. The van der Waals surface area contributed by atoms with Gasteiger partial charge in [-0.15, -0.1) is 0 Å². The van der Waals surface area contributed by atoms with Gasteiger partial charge in [0.15, 0.2) is 0 Å². The van der Waals surface area contributed by atoms with Crippen LogP contribution in [-0.4, -0.2) is 30.9 Å². The topological polar surface area (TPSA) is 32.3 Å². The van der Waals surface area contributed by atoms with Gasteiger partial charge in [-0.25, -0.2) is 0 Å². The van der Waals surface area contributed by atoms with Crippen molar-refractivity contribution < 1.29 is 4.79 Å². The van der Waals surface area contributed by atoms with E-state index in [1.807, 2.05) is 36.2 Å². The van der Waals surface area contributed by atoms with Crippen LogP contribution in [0.2, 0.25) is 5.02 Å². The minimum Gasteiger partial charge on any atom is -0.355 e. The Bertz CT molecular complexity index is 556. The number of allylic oxidation sites excluding steroid dienone is 1. The fourth-order valence-corrected chi connectivity index (χ4v) is 3.26. The van der Waals surface area contributed by atoms with Crippen molar-refractivity contribution >= 4 is 17.5 Å². The maximum Gasteiger partial charge on any atom is 0.234 e. The second kappa shape index (κ2) is 9.09. The number of hydrogen-bond acceptors (Lipinski definition) is 2. The molecule has 0 fully saturated rings. The highest BCUT2D eigenvalue weighted by molar-refractivity contribution is 6.31. The summed E-state index contributed by atoms with van der Waals surface area (Å²) in [6.45, 7) is 3.19. The van der Waals surface area contributed by atoms with Crippen LogP contribution in [0.1, 0.15) is 50.6 Å². The summed E-state index contributed by atoms with van der Waals surface area (Å²) < 4.78 is 0. The summed E-state index contributed by atoms with van der Waals surface area (Å²) in [7, 11) is 1.96. The average Bonchev–Trinajstić information content (AvgIpc) is 2.55. The zero-order valence-corrected chi connectivity index (χ0v) is 14.9. The third-order valence-electron chi connectivity index (χ3n) is 4.56. The normalized spacial score (nSPS) is 16.1. The van der Waals surface area contributed by atoms with E-state index in [0.29, 0.717) is 6.54 Å². The summed E-state index contributed by atoms with van der Waals surface area (Å²) in [5.74, 6) is 0.0720. The minimum atomic E-state index is 0.0720. The van der Waals surface area contributed by atoms with E-state index in [1.54, 1.807) is 0 Å². The van der Waals surface area contributed by atoms with Crippen molar-refractivity contribution in [1.29, 1.82) is 0 Å². The maximum absolute atomic E-state index is 12.1. The molecule has 126 valence electrons. The number of amides is 1. The first-order valence-corrected chi connectivity index (χ1v) is 8.85. The van der Waals surface area contributed by atoms with Crippen LogP contribution in [0.4, 0.5) is 0 Å². The summed E-state index contributed by atoms with van der Waals surface area (Å²) in [6, 6.07) is 7.90. The number of carbonyl (C=O) groups is 1. The van der Waals surface area contributed by atoms with E-state index < -0.39 is 0 Å². The Labute approximate surface area is 144 Å². The molecule has 1 aliphatic carbocycles. The Morgan fingerprint density at radius 3 is 2.83 bits per heavy atom. The van der Waals surface area contributed by atoms with E-state index in [9.17, 15) is 4.79 Å². The lowest BCUT2D eigenvalue weighted by Gasteiger charge is -2.25. The van der Waals surface area contributed by atoms with Crippen molar-refractivity contribution in [3.8, 4) is 0 Å². The minimum absolute atomic E-state index is 0.0720. The highest BCUT2D eigenvalue weighted by Gasteiger charge is 2.16. The summed E-state index contributed by atoms with van der Waals surface area (Å²) in [4.78, 5) is 14.1. The molecule has 1 N–H and O–H groups in total. The number of hydrogen-bond donors (Lipinski definition) is 1. The second-order valence-corrected chi connectivity index (χ2v) is 6.73. The lowest BCUT2D eigenvalue weighted by molar-refractivity contribution is -0.122. The third kappa shape index (κ3) is 5.67. The molecule has 3 nitrogen and oxygen atoms in total. The lowest BCUT2D eigenvalue weighted by Crippen LogP contribution is -2.37. The van der Waals surface area contributed by atoms with Crippen LogP contribution in [0.5, 0.6) is 0 Å². The van der Waals surface area contributed by atoms with Gasteiger partial charge < -0.3 is 5.32 Å². The molecule has 0 bridgehead atoms. The van der Waals surface area contributed by atoms with Gasteiger partial charge in [0.25, 0.3) is 0 Å². The van der Waals surface area contributed by atoms with Crippen LogP contribution in [-0.2, 0) is 4.79 Å². The zero-order valence-electron chi connectivity index (χ0n) is 14.1. The molecule has 1 aromatic rings. The molecule has 0 aliphatic heterocycles. The van der Waals surface area contributed by atoms with E-state index >= 15 is 0 Å². The summed E-state index contributed by atoms with van der Waals surface area (Å²) in [6.07, 6.45) is 8.30. The van der Waals surface area contributed by atoms with Crippen LogP contribution in [0.25, 0.3) is 0 Å². The molecule has 0 saturated heterocycles. The van der Waals surface area contributed by atoms with Gasteiger partial charge in [0, 0.05) is 17.6 Å². The van der Waals surface area contributed by atoms with Crippen molar-refractivity contribution in [3.63, 3.8) is 0 Å². The van der Waals surface area contributed by atoms with Crippen LogP contribution in [0.3, 0.4) is 0 Å². The molecule has 0 heterocycles. The molecular formula is C19H27ClN2O. The first-order valence-electron chi connectivity index (χ1n) is 8.47. The highest BCUT2D eigenvalue weighted by Crippen LogP contribution is 2.25. The van der Waals surface area contributed by atoms with Gasteiger partial charge in [-0.05, 0) is 57.7 Å². The predicted molar refractivity (Wildman–Crippen MR) is 96.7 cm³/mol. The molecule has 0 radical (unpaired) electrons. The van der Waals surface area contributed by atoms with Gasteiger partial charge in [-0.3, -0.25) is 9.69 Å². The maximum atomic E-state index is 12.1. The first kappa shape index (κ1) is 18.0. The number of benzene rings is 1. The Balaban J connectivity index is 1.75. The Hall–Kier alpha value is -1.32. The lowest BCUT2D eigenvalue weighted by atomic mass is 9.97. The Kier molecular flexibility index (Phi) is 7.13. The molecule has 0 aromatic heterocycles. The van der Waals surface area contributed by atoms with Gasteiger partial charge >= 0.3 is 0 Å². The molecule has 4 heteroatoms. The monoisotopic (exact) mass is 334 g/mol. The van der Waals surface area contributed by atoms with Crippen molar-refractivity contribution in [2.45, 2.75) is 45.1 Å². The fourth-order valence-electron chi connectivity index (χ4n) is 2.96. The number of likely N-dealkylation sites (N-methyl/N-ethyl adjacent to an activating group) is 1. The number of nitrogens with one attached hydrogen (secondary N) is 1. The molecule has 0 spiro atoms. The van der Waals surface area contributed by atoms with Crippen molar-refractivity contribution in [1.82, 2.24) is 10.2 Å². The fraction of sp³-hybridized carbons (Fsp3) is 0.526. The van der Waals surface area contributed by atoms with Gasteiger partial charge in [0.2, 0.25) is 5.91 Å². The molecule has 23 heavy (non-hydrogen) atoms. The average molecular weight is 335 g/mol. The molecule has 1 aliphatic rings. The van der Waals surface area contributed by atoms with Gasteiger partial charge in [-0.2, -0.15) is 0 Å². The van der Waals surface area contributed by atoms with Crippen LogP contribution in [0.15, 0.2) is 35.9 Å². The van der Waals surface area contributed by atoms with Crippen LogP contribution in [0, 0.1) is 0 Å². The summed E-state index contributed by atoms with van der Waals surface area (Å²) in [5.41, 5.74) is 2.55. The predicted octanol–water partition coefficient (Wildman–Crippen LogP) is 4.34. The molecule has 1 unspecified atom stereocenters. The zero-order chi connectivity index (χ0) is 16.7. The highest BCUT2D eigenvalue weighted by atomic mass is 35.5. The van der Waals surface area contributed by atoms with Gasteiger partial charge in [-0.1, -0.05) is 41.4 Å². The quantitative estimate of drug-likeness (QED) is 0.752. The van der Waals surface area contributed by atoms with Crippen molar-refractivity contribution in [2.75, 3.05) is 20.1 Å². The third-order valence-corrected chi connectivity index (χ3v) is 4.91. The number of rotatable bonds is 7. The van der Waals surface area contributed by atoms with E-state index in [0.717, 1.165) is 23.6 Å². The number of halogens is 1. The molecule has 2 rings (SSSR count). The standard InChI is InChI=1S/C19H27ClN2O/c1-15(17-10-6-7-11-18(17)20)22(2)14-19(23)21-13-12-16-8-4-3-5-9-16/h6-8,10-11,15H,3-5,9,12-14H2,1-2H3,(H,21,23). The second-order valence-electron chi connectivity index (χ2n) is 6.32. The van der Waals surface area contributed by atoms with E-state index in [1.165, 1.54) is 31.3 Å². The summed E-state index contributed by atoms with van der Waals surface area (Å²) >= 11 is 6.24. The van der Waals surface area contributed by atoms with Crippen LogP contribution < -0.4 is 5.32 Å². The number of carbonyl (C=O) groups excluding carboxylic acids is 1. The first-order chi connectivity index (χ1) is 11.1. The molecule has 1 aromatic carbocycles. The van der Waals surface area contributed by atoms with Crippen molar-refractivity contribution in [2.24, 2.45) is 0 Å². The van der Waals surface area contributed by atoms with Crippen molar-refractivity contribution in [3.05, 3.63) is 46.5 Å². The Morgan fingerprint density at radius 2 is 2.13 bits per heavy atom. The molecule has 1 atom stereocenters. The van der Waals surface area contributed by atoms with Crippen LogP contribution >= 0.6 is 11.6 Å². The van der Waals surface area contributed by atoms with Gasteiger partial charge in [0.05, 0.1) is 6.54 Å². The molecule has 1 amide bonds. The SMILES string of the molecule is CC(c1ccccc1Cl)N(C)CC(=O)NCCC1=CCCCC1. The summed E-state index contributed by atoms with van der Waals surface area (Å²) in [5, 5.41) is 3.77. The van der Waals surface area contributed by atoms with Gasteiger partial charge in [0.1, 0.15) is 0 Å². The number of nitrogens with zero attached hydrogens (tertiary/aromatic N) is 1. The van der Waals surface area contributed by atoms with E-state index in [2.05, 4.69) is 18.3 Å². The van der Waals surface area contributed by atoms with E-state index in [-0.39, 0.29) is 11.9 Å². The van der Waals surface area contributed by atoms with E-state index in [4.69, 9.17) is 11.6 Å². The molecule has 0 saturated carbocycles. The largest absolute Gasteiger partial charge is 0.355 e. The molecular weight excluding hydrogens is 308 g/mol.